The molecule has 2 aromatic rings. The largest absolute Gasteiger partial charge is 0.492 e. The molecule has 0 bridgehead atoms. The Morgan fingerprint density at radius 3 is 2.44 bits per heavy atom. The van der Waals surface area contributed by atoms with Gasteiger partial charge in [0.1, 0.15) is 10.6 Å². The smallest absolute Gasteiger partial charge is 0.337 e. The highest BCUT2D eigenvalue weighted by Gasteiger charge is 2.23. The minimum absolute atomic E-state index is 0.00212. The summed E-state index contributed by atoms with van der Waals surface area (Å²) in [5, 5.41) is 9.28. The van der Waals surface area contributed by atoms with Gasteiger partial charge in [0, 0.05) is 0 Å². The van der Waals surface area contributed by atoms with E-state index in [2.05, 4.69) is 11.6 Å². The van der Waals surface area contributed by atoms with E-state index in [4.69, 9.17) is 4.74 Å². The molecule has 0 aliphatic heterocycles. The van der Waals surface area contributed by atoms with Gasteiger partial charge in [0.25, 0.3) is 10.0 Å². The summed E-state index contributed by atoms with van der Waals surface area (Å²) in [7, 11) is -4.02. The van der Waals surface area contributed by atoms with E-state index < -0.39 is 16.0 Å². The number of aromatic carboxylic acids is 1. The van der Waals surface area contributed by atoms with Crippen molar-refractivity contribution in [2.75, 3.05) is 11.3 Å². The molecule has 0 spiro atoms. The molecular formula is C20H25NO5S. The van der Waals surface area contributed by atoms with Crippen LogP contribution in [-0.2, 0) is 10.0 Å². The third-order valence-electron chi connectivity index (χ3n) is 4.26. The maximum Gasteiger partial charge on any atom is 0.337 e. The van der Waals surface area contributed by atoms with Gasteiger partial charge in [-0.1, -0.05) is 31.9 Å². The van der Waals surface area contributed by atoms with Gasteiger partial charge in [0.2, 0.25) is 0 Å². The zero-order valence-corrected chi connectivity index (χ0v) is 16.6. The van der Waals surface area contributed by atoms with Crippen LogP contribution in [0.25, 0.3) is 0 Å². The van der Waals surface area contributed by atoms with Crippen LogP contribution in [0.15, 0.2) is 41.3 Å². The van der Waals surface area contributed by atoms with Crippen molar-refractivity contribution in [1.82, 2.24) is 0 Å². The van der Waals surface area contributed by atoms with Crippen LogP contribution in [0.3, 0.4) is 0 Å². The molecule has 146 valence electrons. The highest BCUT2D eigenvalue weighted by Crippen LogP contribution is 2.30. The van der Waals surface area contributed by atoms with E-state index in [1.807, 2.05) is 13.8 Å². The van der Waals surface area contributed by atoms with E-state index in [9.17, 15) is 18.3 Å². The third kappa shape index (κ3) is 5.23. The second-order valence-corrected chi connectivity index (χ2v) is 8.05. The highest BCUT2D eigenvalue weighted by atomic mass is 32.2. The van der Waals surface area contributed by atoms with Crippen molar-refractivity contribution in [3.8, 4) is 5.75 Å². The number of benzene rings is 2. The summed E-state index contributed by atoms with van der Waals surface area (Å²) < 4.78 is 34.1. The fourth-order valence-electron chi connectivity index (χ4n) is 2.58. The Kier molecular flexibility index (Phi) is 6.85. The molecule has 0 aliphatic rings. The number of para-hydroxylation sites is 1. The minimum atomic E-state index is -4.02. The number of hydrogen-bond donors (Lipinski definition) is 2. The molecule has 0 atom stereocenters. The SMILES string of the molecule is CCCCCOc1cc(C)c(C)cc1S(=O)(=O)Nc1ccccc1C(=O)O. The van der Waals surface area contributed by atoms with Crippen LogP contribution in [0, 0.1) is 13.8 Å². The normalized spacial score (nSPS) is 11.2. The lowest BCUT2D eigenvalue weighted by Crippen LogP contribution is -2.17. The second-order valence-electron chi connectivity index (χ2n) is 6.40. The van der Waals surface area contributed by atoms with Gasteiger partial charge in [-0.05, 0) is 55.7 Å². The highest BCUT2D eigenvalue weighted by molar-refractivity contribution is 7.92. The van der Waals surface area contributed by atoms with Crippen LogP contribution in [0.2, 0.25) is 0 Å². The molecule has 0 radical (unpaired) electrons. The first kappa shape index (κ1) is 20.8. The number of unbranched alkanes of at least 4 members (excludes halogenated alkanes) is 2. The molecule has 6 nitrogen and oxygen atoms in total. The second kappa shape index (κ2) is 8.90. The van der Waals surface area contributed by atoms with Gasteiger partial charge in [-0.15, -0.1) is 0 Å². The number of hydrogen-bond acceptors (Lipinski definition) is 4. The molecule has 2 N–H and O–H groups in total. The van der Waals surface area contributed by atoms with E-state index in [-0.39, 0.29) is 21.9 Å². The van der Waals surface area contributed by atoms with Crippen molar-refractivity contribution in [3.05, 3.63) is 53.1 Å². The molecule has 2 aromatic carbocycles. The molecule has 0 aliphatic carbocycles. The molecule has 0 heterocycles. The number of ether oxygens (including phenoxy) is 1. The average Bonchev–Trinajstić information content (AvgIpc) is 2.61. The van der Waals surface area contributed by atoms with Gasteiger partial charge in [0.15, 0.2) is 0 Å². The van der Waals surface area contributed by atoms with E-state index in [1.54, 1.807) is 24.3 Å². The van der Waals surface area contributed by atoms with Gasteiger partial charge < -0.3 is 9.84 Å². The number of carboxylic acids is 1. The Hall–Kier alpha value is -2.54. The maximum absolute atomic E-state index is 13.0. The van der Waals surface area contributed by atoms with Gasteiger partial charge >= 0.3 is 5.97 Å². The number of rotatable bonds is 9. The quantitative estimate of drug-likeness (QED) is 0.619. The lowest BCUT2D eigenvalue weighted by molar-refractivity contribution is 0.0698. The lowest BCUT2D eigenvalue weighted by atomic mass is 10.1. The molecule has 0 saturated heterocycles. The summed E-state index contributed by atoms with van der Waals surface area (Å²) in [5.41, 5.74) is 1.63. The van der Waals surface area contributed by atoms with Crippen LogP contribution >= 0.6 is 0 Å². The summed E-state index contributed by atoms with van der Waals surface area (Å²) in [6, 6.07) is 9.15. The molecule has 0 saturated carbocycles. The van der Waals surface area contributed by atoms with Crippen molar-refractivity contribution < 1.29 is 23.1 Å². The summed E-state index contributed by atoms with van der Waals surface area (Å²) in [4.78, 5) is 11.4. The summed E-state index contributed by atoms with van der Waals surface area (Å²) >= 11 is 0. The van der Waals surface area contributed by atoms with Crippen molar-refractivity contribution in [1.29, 1.82) is 0 Å². The van der Waals surface area contributed by atoms with E-state index >= 15 is 0 Å². The predicted octanol–water partition coefficient (Wildman–Crippen LogP) is 4.37. The Morgan fingerprint density at radius 2 is 1.78 bits per heavy atom. The molecule has 0 aromatic heterocycles. The van der Waals surface area contributed by atoms with Crippen molar-refractivity contribution in [3.63, 3.8) is 0 Å². The Morgan fingerprint density at radius 1 is 1.11 bits per heavy atom. The third-order valence-corrected chi connectivity index (χ3v) is 5.64. The standard InChI is InChI=1S/C20H25NO5S/c1-4-5-8-11-26-18-12-14(2)15(3)13-19(18)27(24,25)21-17-10-7-6-9-16(17)20(22)23/h6-7,9-10,12-13,21H,4-5,8,11H2,1-3H3,(H,22,23). The van der Waals surface area contributed by atoms with Crippen molar-refractivity contribution in [2.24, 2.45) is 0 Å². The van der Waals surface area contributed by atoms with Crippen LogP contribution in [-0.4, -0.2) is 26.1 Å². The number of aryl methyl sites for hydroxylation is 2. The van der Waals surface area contributed by atoms with Crippen molar-refractivity contribution >= 4 is 21.7 Å². The summed E-state index contributed by atoms with van der Waals surface area (Å²) in [6.45, 7) is 6.21. The van der Waals surface area contributed by atoms with Gasteiger partial charge in [0.05, 0.1) is 17.9 Å². The first-order valence-corrected chi connectivity index (χ1v) is 10.3. The number of carboxylic acid groups (broad SMARTS) is 1. The molecule has 7 heteroatoms. The first-order chi connectivity index (χ1) is 12.8. The number of sulfonamides is 1. The maximum atomic E-state index is 13.0. The first-order valence-electron chi connectivity index (χ1n) is 8.85. The minimum Gasteiger partial charge on any atom is -0.492 e. The zero-order chi connectivity index (χ0) is 20.0. The molecule has 2 rings (SSSR count). The van der Waals surface area contributed by atoms with Crippen LogP contribution in [0.4, 0.5) is 5.69 Å². The van der Waals surface area contributed by atoms with Crippen LogP contribution < -0.4 is 9.46 Å². The van der Waals surface area contributed by atoms with Crippen molar-refractivity contribution in [2.45, 2.75) is 44.9 Å². The molecular weight excluding hydrogens is 366 g/mol. The van der Waals surface area contributed by atoms with Gasteiger partial charge in [-0.3, -0.25) is 4.72 Å². The fourth-order valence-corrected chi connectivity index (χ4v) is 3.87. The molecule has 0 unspecified atom stereocenters. The van der Waals surface area contributed by atoms with E-state index in [0.29, 0.717) is 6.61 Å². The zero-order valence-electron chi connectivity index (χ0n) is 15.8. The van der Waals surface area contributed by atoms with E-state index in [1.165, 1.54) is 12.1 Å². The number of nitrogens with one attached hydrogen (secondary N) is 1. The molecule has 27 heavy (non-hydrogen) atoms. The number of anilines is 1. The monoisotopic (exact) mass is 391 g/mol. The number of carbonyl (C=O) groups is 1. The lowest BCUT2D eigenvalue weighted by Gasteiger charge is -2.16. The summed E-state index contributed by atoms with van der Waals surface area (Å²) in [5.74, 6) is -0.932. The topological polar surface area (TPSA) is 92.7 Å². The predicted molar refractivity (Wildman–Crippen MR) is 105 cm³/mol. The molecule has 0 amide bonds. The summed E-state index contributed by atoms with van der Waals surface area (Å²) in [6.07, 6.45) is 2.87. The molecule has 0 fully saturated rings. The Balaban J connectivity index is 2.40. The van der Waals surface area contributed by atoms with Crippen LogP contribution in [0.1, 0.15) is 47.7 Å². The fraction of sp³-hybridized carbons (Fsp3) is 0.350. The van der Waals surface area contributed by atoms with Gasteiger partial charge in [-0.25, -0.2) is 13.2 Å². The Labute approximate surface area is 160 Å². The Bertz CT molecular complexity index is 922. The average molecular weight is 391 g/mol. The van der Waals surface area contributed by atoms with E-state index in [0.717, 1.165) is 30.4 Å². The van der Waals surface area contributed by atoms with Gasteiger partial charge in [-0.2, -0.15) is 0 Å². The van der Waals surface area contributed by atoms with Crippen LogP contribution in [0.5, 0.6) is 5.75 Å².